The fourth-order valence-electron chi connectivity index (χ4n) is 2.54. The van der Waals surface area contributed by atoms with Crippen molar-refractivity contribution >= 4 is 0 Å². The first-order valence-electron chi connectivity index (χ1n) is 6.69. The van der Waals surface area contributed by atoms with Crippen molar-refractivity contribution in [2.24, 2.45) is 11.1 Å². The molecule has 0 aromatic carbocycles. The lowest BCUT2D eigenvalue weighted by Gasteiger charge is -2.39. The summed E-state index contributed by atoms with van der Waals surface area (Å²) in [5.74, 6) is 0. The molecule has 2 N–H and O–H groups in total. The van der Waals surface area contributed by atoms with Crippen LogP contribution in [0.4, 0.5) is 0 Å². The lowest BCUT2D eigenvalue weighted by molar-refractivity contribution is -0.0183. The summed E-state index contributed by atoms with van der Waals surface area (Å²) in [6.45, 7) is 7.05. The Hall–Kier alpha value is -0.120. The van der Waals surface area contributed by atoms with Gasteiger partial charge in [0.05, 0.1) is 6.61 Å². The minimum atomic E-state index is 0.221. The van der Waals surface area contributed by atoms with Gasteiger partial charge in [0, 0.05) is 25.1 Å². The highest BCUT2D eigenvalue weighted by Gasteiger charge is 2.32. The van der Waals surface area contributed by atoms with Gasteiger partial charge in [-0.25, -0.2) is 0 Å². The Morgan fingerprint density at radius 1 is 1.38 bits per heavy atom. The van der Waals surface area contributed by atoms with Crippen LogP contribution in [0.2, 0.25) is 0 Å². The van der Waals surface area contributed by atoms with Crippen LogP contribution < -0.4 is 5.73 Å². The van der Waals surface area contributed by atoms with Crippen LogP contribution >= 0.6 is 0 Å². The lowest BCUT2D eigenvalue weighted by atomic mass is 9.82. The van der Waals surface area contributed by atoms with Crippen molar-refractivity contribution in [3.63, 3.8) is 0 Å². The van der Waals surface area contributed by atoms with E-state index in [1.54, 1.807) is 0 Å². The first-order chi connectivity index (χ1) is 7.72. The van der Waals surface area contributed by atoms with E-state index < -0.39 is 0 Å². The third kappa shape index (κ3) is 4.40. The maximum absolute atomic E-state index is 5.93. The van der Waals surface area contributed by atoms with Gasteiger partial charge in [0.1, 0.15) is 0 Å². The molecule has 0 aliphatic carbocycles. The number of nitrogens with two attached hydrogens (primary N) is 1. The molecule has 3 heteroatoms. The normalized spacial score (nSPS) is 26.2. The molecule has 1 atom stereocenters. The minimum absolute atomic E-state index is 0.221. The zero-order chi connectivity index (χ0) is 11.9. The van der Waals surface area contributed by atoms with Crippen molar-refractivity contribution in [2.75, 3.05) is 39.9 Å². The highest BCUT2D eigenvalue weighted by atomic mass is 16.5. The van der Waals surface area contributed by atoms with Crippen LogP contribution in [0.3, 0.4) is 0 Å². The predicted molar refractivity (Wildman–Crippen MR) is 68.6 cm³/mol. The Balaban J connectivity index is 2.30. The molecular weight excluding hydrogens is 200 g/mol. The Morgan fingerprint density at radius 2 is 2.19 bits per heavy atom. The second kappa shape index (κ2) is 7.25. The third-order valence-electron chi connectivity index (χ3n) is 3.59. The Labute approximate surface area is 100 Å². The molecule has 0 amide bonds. The zero-order valence-electron chi connectivity index (χ0n) is 11.0. The Kier molecular flexibility index (Phi) is 6.32. The third-order valence-corrected chi connectivity index (χ3v) is 3.59. The molecule has 1 rings (SSSR count). The molecule has 3 nitrogen and oxygen atoms in total. The van der Waals surface area contributed by atoms with E-state index in [4.69, 9.17) is 10.5 Å². The van der Waals surface area contributed by atoms with E-state index in [9.17, 15) is 0 Å². The smallest absolute Gasteiger partial charge is 0.0546 e. The van der Waals surface area contributed by atoms with E-state index in [1.165, 1.54) is 38.6 Å². The van der Waals surface area contributed by atoms with Gasteiger partial charge < -0.3 is 15.4 Å². The van der Waals surface area contributed by atoms with Crippen molar-refractivity contribution in [3.05, 3.63) is 0 Å². The molecule has 0 spiro atoms. The summed E-state index contributed by atoms with van der Waals surface area (Å²) in [5.41, 5.74) is 6.16. The number of hydrogen-bond donors (Lipinski definition) is 1. The molecule has 0 aromatic heterocycles. The molecule has 0 bridgehead atoms. The van der Waals surface area contributed by atoms with Crippen LogP contribution in [-0.2, 0) is 4.74 Å². The maximum Gasteiger partial charge on any atom is 0.0546 e. The number of ether oxygens (including phenoxy) is 1. The van der Waals surface area contributed by atoms with Crippen LogP contribution in [0.1, 0.15) is 39.0 Å². The quantitative estimate of drug-likeness (QED) is 0.676. The second-order valence-electron chi connectivity index (χ2n) is 5.31. The fraction of sp³-hybridized carbons (Fsp3) is 1.00. The lowest BCUT2D eigenvalue weighted by Crippen LogP contribution is -2.46. The molecule has 16 heavy (non-hydrogen) atoms. The van der Waals surface area contributed by atoms with Crippen LogP contribution in [0.15, 0.2) is 0 Å². The molecule has 0 saturated carbocycles. The monoisotopic (exact) mass is 228 g/mol. The molecule has 1 heterocycles. The van der Waals surface area contributed by atoms with Crippen LogP contribution in [0, 0.1) is 5.41 Å². The van der Waals surface area contributed by atoms with Gasteiger partial charge in [0.25, 0.3) is 0 Å². The highest BCUT2D eigenvalue weighted by molar-refractivity contribution is 4.85. The molecule has 1 aliphatic heterocycles. The molecule has 1 unspecified atom stereocenters. The molecule has 1 fully saturated rings. The SMILES string of the molecule is CCCCCN(C)CC1(CN)CCCOC1. The molecule has 0 aromatic rings. The predicted octanol–water partition coefficient (Wildman–Crippen LogP) is 1.86. The van der Waals surface area contributed by atoms with Crippen molar-refractivity contribution in [3.8, 4) is 0 Å². The van der Waals surface area contributed by atoms with Gasteiger partial charge >= 0.3 is 0 Å². The van der Waals surface area contributed by atoms with Gasteiger partial charge in [0.2, 0.25) is 0 Å². The summed E-state index contributed by atoms with van der Waals surface area (Å²) in [7, 11) is 2.21. The van der Waals surface area contributed by atoms with E-state index >= 15 is 0 Å². The van der Waals surface area contributed by atoms with E-state index in [1.807, 2.05) is 0 Å². The van der Waals surface area contributed by atoms with E-state index in [0.717, 1.165) is 26.3 Å². The standard InChI is InChI=1S/C13H28N2O/c1-3-4-5-8-15(2)11-13(10-14)7-6-9-16-12-13/h3-12,14H2,1-2H3. The van der Waals surface area contributed by atoms with E-state index in [0.29, 0.717) is 0 Å². The van der Waals surface area contributed by atoms with Crippen LogP contribution in [0.5, 0.6) is 0 Å². The summed E-state index contributed by atoms with van der Waals surface area (Å²) >= 11 is 0. The summed E-state index contributed by atoms with van der Waals surface area (Å²) in [5, 5.41) is 0. The van der Waals surface area contributed by atoms with Gasteiger partial charge in [-0.1, -0.05) is 19.8 Å². The fourth-order valence-corrected chi connectivity index (χ4v) is 2.54. The van der Waals surface area contributed by atoms with Crippen molar-refractivity contribution in [1.82, 2.24) is 4.90 Å². The first kappa shape index (κ1) is 13.9. The topological polar surface area (TPSA) is 38.5 Å². The van der Waals surface area contributed by atoms with E-state index in [2.05, 4.69) is 18.9 Å². The van der Waals surface area contributed by atoms with Gasteiger partial charge in [-0.15, -0.1) is 0 Å². The second-order valence-corrected chi connectivity index (χ2v) is 5.31. The van der Waals surface area contributed by atoms with Crippen molar-refractivity contribution < 1.29 is 4.74 Å². The molecule has 96 valence electrons. The molecule has 0 radical (unpaired) electrons. The van der Waals surface area contributed by atoms with Gasteiger partial charge in [-0.2, -0.15) is 0 Å². The van der Waals surface area contributed by atoms with E-state index in [-0.39, 0.29) is 5.41 Å². The van der Waals surface area contributed by atoms with Crippen molar-refractivity contribution in [1.29, 1.82) is 0 Å². The zero-order valence-corrected chi connectivity index (χ0v) is 11.0. The Bertz CT molecular complexity index is 179. The van der Waals surface area contributed by atoms with Gasteiger partial charge in [-0.3, -0.25) is 0 Å². The number of nitrogens with zero attached hydrogens (tertiary/aromatic N) is 1. The van der Waals surface area contributed by atoms with Gasteiger partial charge in [0.15, 0.2) is 0 Å². The summed E-state index contributed by atoms with van der Waals surface area (Å²) < 4.78 is 5.60. The van der Waals surface area contributed by atoms with Crippen LogP contribution in [0.25, 0.3) is 0 Å². The minimum Gasteiger partial charge on any atom is -0.381 e. The Morgan fingerprint density at radius 3 is 2.75 bits per heavy atom. The summed E-state index contributed by atoms with van der Waals surface area (Å²) in [6.07, 6.45) is 6.31. The maximum atomic E-state index is 5.93. The van der Waals surface area contributed by atoms with Gasteiger partial charge in [-0.05, 0) is 32.9 Å². The average Bonchev–Trinajstić information content (AvgIpc) is 2.30. The molecule has 1 aliphatic rings. The number of hydrogen-bond acceptors (Lipinski definition) is 3. The summed E-state index contributed by atoms with van der Waals surface area (Å²) in [4.78, 5) is 2.43. The molecular formula is C13H28N2O. The van der Waals surface area contributed by atoms with Crippen LogP contribution in [-0.4, -0.2) is 44.8 Å². The summed E-state index contributed by atoms with van der Waals surface area (Å²) in [6, 6.07) is 0. The first-order valence-corrected chi connectivity index (χ1v) is 6.69. The average molecular weight is 228 g/mol. The number of rotatable bonds is 7. The largest absolute Gasteiger partial charge is 0.381 e. The molecule has 1 saturated heterocycles. The highest BCUT2D eigenvalue weighted by Crippen LogP contribution is 2.28. The van der Waals surface area contributed by atoms with Crippen molar-refractivity contribution in [2.45, 2.75) is 39.0 Å². The number of unbranched alkanes of at least 4 members (excludes halogenated alkanes) is 2.